The van der Waals surface area contributed by atoms with Gasteiger partial charge in [-0.25, -0.2) is 4.98 Å². The van der Waals surface area contributed by atoms with Gasteiger partial charge in [0.1, 0.15) is 0 Å². The Balaban J connectivity index is 2.18. The molecule has 0 aliphatic heterocycles. The second kappa shape index (κ2) is 6.08. The Hall–Kier alpha value is -2.68. The molecule has 9 heteroatoms. The van der Waals surface area contributed by atoms with Crippen LogP contribution in [0.25, 0.3) is 15.3 Å². The van der Waals surface area contributed by atoms with Crippen LogP contribution in [0.4, 0.5) is 13.2 Å². The number of nitrogens with one attached hydrogen (secondary N) is 1. The molecule has 0 unspecified atom stereocenters. The molecule has 0 aliphatic carbocycles. The number of hydrogen-bond donors (Lipinski definition) is 1. The van der Waals surface area contributed by atoms with Crippen molar-refractivity contribution in [2.75, 3.05) is 6.54 Å². The Kier molecular flexibility index (Phi) is 4.10. The van der Waals surface area contributed by atoms with Crippen molar-refractivity contribution in [1.82, 2.24) is 14.8 Å². The standard InChI is InChI=1S/C15H11F3N4OS/c1-2-7-19-8-9-12(15(16,17)18)21-22(13(9)23)14-20-10-5-3-4-6-11(10)24-14/h2-6,8,21H,1,7H2. The van der Waals surface area contributed by atoms with Crippen LogP contribution in [0.1, 0.15) is 11.3 Å². The monoisotopic (exact) mass is 352 g/mol. The van der Waals surface area contributed by atoms with Crippen molar-refractivity contribution in [2.24, 2.45) is 4.99 Å². The van der Waals surface area contributed by atoms with Gasteiger partial charge in [0.2, 0.25) is 5.13 Å². The Morgan fingerprint density at radius 2 is 2.12 bits per heavy atom. The molecule has 2 heterocycles. The molecule has 0 fully saturated rings. The molecule has 0 aliphatic rings. The maximum Gasteiger partial charge on any atom is 0.433 e. The van der Waals surface area contributed by atoms with E-state index in [1.807, 2.05) is 0 Å². The van der Waals surface area contributed by atoms with Crippen LogP contribution in [0.2, 0.25) is 0 Å². The molecule has 3 rings (SSSR count). The summed E-state index contributed by atoms with van der Waals surface area (Å²) in [5.74, 6) is 0. The summed E-state index contributed by atoms with van der Waals surface area (Å²) in [6, 6.07) is 7.05. The molecule has 124 valence electrons. The van der Waals surface area contributed by atoms with Crippen LogP contribution < -0.4 is 5.56 Å². The molecule has 24 heavy (non-hydrogen) atoms. The molecule has 0 spiro atoms. The number of fused-ring (bicyclic) bond motifs is 1. The van der Waals surface area contributed by atoms with E-state index in [1.165, 1.54) is 6.08 Å². The first-order valence-electron chi connectivity index (χ1n) is 6.80. The summed E-state index contributed by atoms with van der Waals surface area (Å²) in [5.41, 5.74) is -1.95. The largest absolute Gasteiger partial charge is 0.433 e. The average Bonchev–Trinajstić information content (AvgIpc) is 3.08. The van der Waals surface area contributed by atoms with E-state index in [0.29, 0.717) is 5.52 Å². The highest BCUT2D eigenvalue weighted by atomic mass is 32.1. The van der Waals surface area contributed by atoms with Crippen molar-refractivity contribution < 1.29 is 13.2 Å². The van der Waals surface area contributed by atoms with Gasteiger partial charge in [0.15, 0.2) is 5.69 Å². The summed E-state index contributed by atoms with van der Waals surface area (Å²) in [7, 11) is 0. The summed E-state index contributed by atoms with van der Waals surface area (Å²) < 4.78 is 41.1. The van der Waals surface area contributed by atoms with Gasteiger partial charge in [0.25, 0.3) is 5.56 Å². The summed E-state index contributed by atoms with van der Waals surface area (Å²) >= 11 is 1.12. The van der Waals surface area contributed by atoms with Crippen LogP contribution in [-0.4, -0.2) is 27.5 Å². The quantitative estimate of drug-likeness (QED) is 0.578. The first-order valence-corrected chi connectivity index (χ1v) is 7.62. The van der Waals surface area contributed by atoms with E-state index in [0.717, 1.165) is 26.9 Å². The van der Waals surface area contributed by atoms with Gasteiger partial charge in [0, 0.05) is 6.21 Å². The molecule has 0 saturated heterocycles. The lowest BCUT2D eigenvalue weighted by Crippen LogP contribution is -2.17. The molecule has 2 aromatic heterocycles. The van der Waals surface area contributed by atoms with Crippen LogP contribution in [0, 0.1) is 0 Å². The lowest BCUT2D eigenvalue weighted by Gasteiger charge is -2.03. The molecule has 1 N–H and O–H groups in total. The highest BCUT2D eigenvalue weighted by Crippen LogP contribution is 2.30. The van der Waals surface area contributed by atoms with Crippen LogP contribution in [-0.2, 0) is 6.18 Å². The number of rotatable bonds is 4. The third-order valence-electron chi connectivity index (χ3n) is 3.14. The number of aromatic nitrogens is 3. The first-order chi connectivity index (χ1) is 11.4. The second-order valence-electron chi connectivity index (χ2n) is 4.79. The summed E-state index contributed by atoms with van der Waals surface area (Å²) in [6.07, 6.45) is -2.38. The van der Waals surface area contributed by atoms with Crippen molar-refractivity contribution in [3.8, 4) is 5.13 Å². The fourth-order valence-electron chi connectivity index (χ4n) is 2.09. The number of H-pyrrole nitrogens is 1. The normalized spacial score (nSPS) is 12.3. The minimum atomic E-state index is -4.71. The van der Waals surface area contributed by atoms with Crippen molar-refractivity contribution >= 4 is 27.8 Å². The summed E-state index contributed by atoms with van der Waals surface area (Å²) in [6.45, 7) is 3.54. The van der Waals surface area contributed by atoms with Gasteiger partial charge in [-0.2, -0.15) is 17.9 Å². The Morgan fingerprint density at radius 1 is 1.38 bits per heavy atom. The minimum absolute atomic E-state index is 0.114. The van der Waals surface area contributed by atoms with Gasteiger partial charge in [-0.15, -0.1) is 6.58 Å². The van der Waals surface area contributed by atoms with E-state index < -0.39 is 23.0 Å². The number of aromatic amines is 1. The van der Waals surface area contributed by atoms with Crippen molar-refractivity contribution in [1.29, 1.82) is 0 Å². The number of thiazole rings is 1. The van der Waals surface area contributed by atoms with Gasteiger partial charge in [-0.05, 0) is 12.1 Å². The predicted octanol–water partition coefficient (Wildman–Crippen LogP) is 3.40. The third kappa shape index (κ3) is 2.90. The Morgan fingerprint density at radius 3 is 2.79 bits per heavy atom. The van der Waals surface area contributed by atoms with Gasteiger partial charge in [0.05, 0.1) is 22.3 Å². The van der Waals surface area contributed by atoms with E-state index >= 15 is 0 Å². The Labute approximate surface area is 137 Å². The molecule has 0 amide bonds. The number of nitrogens with zero attached hydrogens (tertiary/aromatic N) is 3. The molecular formula is C15H11F3N4OS. The molecular weight excluding hydrogens is 341 g/mol. The third-order valence-corrected chi connectivity index (χ3v) is 4.16. The molecule has 0 radical (unpaired) electrons. The highest BCUT2D eigenvalue weighted by Gasteiger charge is 2.37. The van der Waals surface area contributed by atoms with E-state index in [1.54, 1.807) is 24.3 Å². The van der Waals surface area contributed by atoms with Crippen LogP contribution in [0.5, 0.6) is 0 Å². The van der Waals surface area contributed by atoms with Crippen LogP contribution >= 0.6 is 11.3 Å². The molecule has 0 saturated carbocycles. The van der Waals surface area contributed by atoms with Gasteiger partial charge in [-0.3, -0.25) is 14.9 Å². The van der Waals surface area contributed by atoms with Gasteiger partial charge >= 0.3 is 6.18 Å². The zero-order valence-corrected chi connectivity index (χ0v) is 13.0. The van der Waals surface area contributed by atoms with E-state index in [9.17, 15) is 18.0 Å². The fourth-order valence-corrected chi connectivity index (χ4v) is 3.02. The van der Waals surface area contributed by atoms with E-state index in [4.69, 9.17) is 0 Å². The number of para-hydroxylation sites is 1. The summed E-state index contributed by atoms with van der Waals surface area (Å²) in [4.78, 5) is 20.3. The lowest BCUT2D eigenvalue weighted by molar-refractivity contribution is -0.141. The zero-order valence-electron chi connectivity index (χ0n) is 12.2. The van der Waals surface area contributed by atoms with Crippen molar-refractivity contribution in [3.05, 3.63) is 58.5 Å². The average molecular weight is 352 g/mol. The molecule has 0 atom stereocenters. The topological polar surface area (TPSA) is 63.0 Å². The minimum Gasteiger partial charge on any atom is -0.288 e. The molecule has 3 aromatic rings. The number of benzene rings is 1. The molecule has 5 nitrogen and oxygen atoms in total. The second-order valence-corrected chi connectivity index (χ2v) is 5.79. The van der Waals surface area contributed by atoms with Crippen molar-refractivity contribution in [2.45, 2.75) is 6.18 Å². The van der Waals surface area contributed by atoms with Crippen LogP contribution in [0.3, 0.4) is 0 Å². The molecule has 1 aromatic carbocycles. The smallest absolute Gasteiger partial charge is 0.288 e. The number of alkyl halides is 3. The van der Waals surface area contributed by atoms with E-state index in [2.05, 4.69) is 21.7 Å². The lowest BCUT2D eigenvalue weighted by atomic mass is 10.2. The summed E-state index contributed by atoms with van der Waals surface area (Å²) in [5, 5.41) is 2.24. The van der Waals surface area contributed by atoms with Gasteiger partial charge in [-0.1, -0.05) is 29.5 Å². The zero-order chi connectivity index (χ0) is 17.3. The predicted molar refractivity (Wildman–Crippen MR) is 87.2 cm³/mol. The first kappa shape index (κ1) is 16.2. The van der Waals surface area contributed by atoms with Gasteiger partial charge < -0.3 is 0 Å². The maximum absolute atomic E-state index is 13.2. The fraction of sp³-hybridized carbons (Fsp3) is 0.133. The maximum atomic E-state index is 13.2. The molecule has 0 bridgehead atoms. The number of aliphatic imine (C=N–C) groups is 1. The number of hydrogen-bond acceptors (Lipinski definition) is 4. The van der Waals surface area contributed by atoms with Crippen LogP contribution in [0.15, 0.2) is 46.7 Å². The number of halogens is 3. The SMILES string of the molecule is C=CCN=Cc1c(C(F)(F)F)[nH]n(-c2nc3ccccc3s2)c1=O. The van der Waals surface area contributed by atoms with E-state index in [-0.39, 0.29) is 11.7 Å². The Bertz CT molecular complexity index is 948. The van der Waals surface area contributed by atoms with Crippen molar-refractivity contribution in [3.63, 3.8) is 0 Å². The highest BCUT2D eigenvalue weighted by molar-refractivity contribution is 7.20.